The highest BCUT2D eigenvalue weighted by Crippen LogP contribution is 2.40. The summed E-state index contributed by atoms with van der Waals surface area (Å²) in [6.07, 6.45) is 3.61. The first-order valence-corrected chi connectivity index (χ1v) is 9.73. The Labute approximate surface area is 170 Å². The Morgan fingerprint density at radius 2 is 1.79 bits per heavy atom. The fraction of sp³-hybridized carbons (Fsp3) is 0.348. The molecule has 29 heavy (non-hydrogen) atoms. The van der Waals surface area contributed by atoms with Crippen molar-refractivity contribution in [3.05, 3.63) is 42.1 Å². The largest absolute Gasteiger partial charge is 0.493 e. The van der Waals surface area contributed by atoms with Crippen LogP contribution in [0, 0.1) is 0 Å². The minimum absolute atomic E-state index is 0.100. The molecule has 0 radical (unpaired) electrons. The van der Waals surface area contributed by atoms with Crippen molar-refractivity contribution in [1.82, 2.24) is 0 Å². The second-order valence-electron chi connectivity index (χ2n) is 6.99. The topological polar surface area (TPSA) is 61.0 Å². The zero-order valence-electron chi connectivity index (χ0n) is 17.0. The van der Waals surface area contributed by atoms with Crippen molar-refractivity contribution in [3.8, 4) is 34.3 Å². The fourth-order valence-electron chi connectivity index (χ4n) is 3.91. The van der Waals surface area contributed by atoms with Crippen LogP contribution in [-0.2, 0) is 13.0 Å². The number of aliphatic hydroxyl groups excluding tert-OH is 1. The quantitative estimate of drug-likeness (QED) is 0.491. The molecule has 0 bridgehead atoms. The Balaban J connectivity index is 1.84. The van der Waals surface area contributed by atoms with Gasteiger partial charge in [-0.1, -0.05) is 0 Å². The summed E-state index contributed by atoms with van der Waals surface area (Å²) in [4.78, 5) is 0. The van der Waals surface area contributed by atoms with Gasteiger partial charge >= 0.3 is 0 Å². The summed E-state index contributed by atoms with van der Waals surface area (Å²) >= 11 is 0. The van der Waals surface area contributed by atoms with Crippen molar-refractivity contribution in [2.24, 2.45) is 0 Å². The predicted molar refractivity (Wildman–Crippen MR) is 110 cm³/mol. The van der Waals surface area contributed by atoms with E-state index >= 15 is 0 Å². The van der Waals surface area contributed by atoms with Crippen LogP contribution in [0.1, 0.15) is 12.0 Å². The number of pyridine rings is 1. The van der Waals surface area contributed by atoms with Crippen LogP contribution < -0.4 is 23.5 Å². The monoisotopic (exact) mass is 396 g/mol. The van der Waals surface area contributed by atoms with Crippen molar-refractivity contribution < 1.29 is 28.6 Å². The standard InChI is InChI=1S/C23H26NO5/c1-26-20-6-5-15-11-19-17-13-22(29-10-4-9-25)21(27-2)12-16(17)7-8-24(19)14-18(15)23(20)28-3/h5-6,11-14,25H,4,7-10H2,1-3H3/q+1. The van der Waals surface area contributed by atoms with Gasteiger partial charge in [0.25, 0.3) is 0 Å². The number of methoxy groups -OCH3 is 3. The third-order valence-electron chi connectivity index (χ3n) is 5.35. The molecule has 3 aromatic rings. The third-order valence-corrected chi connectivity index (χ3v) is 5.35. The zero-order valence-corrected chi connectivity index (χ0v) is 17.0. The molecule has 6 heteroatoms. The van der Waals surface area contributed by atoms with Gasteiger partial charge in [0.2, 0.25) is 5.69 Å². The molecular formula is C23H26NO5+. The first-order chi connectivity index (χ1) is 14.2. The lowest BCUT2D eigenvalue weighted by Gasteiger charge is -2.19. The van der Waals surface area contributed by atoms with Gasteiger partial charge in [-0.05, 0) is 35.2 Å². The molecular weight excluding hydrogens is 370 g/mol. The van der Waals surface area contributed by atoms with E-state index in [0.29, 0.717) is 18.8 Å². The van der Waals surface area contributed by atoms with Crippen LogP contribution in [0.2, 0.25) is 0 Å². The molecule has 0 amide bonds. The number of aromatic nitrogens is 1. The van der Waals surface area contributed by atoms with Crippen molar-refractivity contribution in [2.45, 2.75) is 19.4 Å². The Kier molecular flexibility index (Phi) is 5.45. The van der Waals surface area contributed by atoms with Crippen LogP contribution in [0.4, 0.5) is 0 Å². The fourth-order valence-corrected chi connectivity index (χ4v) is 3.91. The first-order valence-electron chi connectivity index (χ1n) is 9.73. The Hall–Kier alpha value is -2.99. The number of ether oxygens (including phenoxy) is 4. The van der Waals surface area contributed by atoms with Crippen molar-refractivity contribution >= 4 is 10.8 Å². The van der Waals surface area contributed by atoms with Gasteiger partial charge in [-0.15, -0.1) is 0 Å². The number of nitrogens with zero attached hydrogens (tertiary/aromatic N) is 1. The van der Waals surface area contributed by atoms with Crippen LogP contribution in [-0.4, -0.2) is 39.6 Å². The molecule has 1 aliphatic heterocycles. The molecule has 0 fully saturated rings. The molecule has 0 spiro atoms. The minimum atomic E-state index is 0.100. The van der Waals surface area contributed by atoms with E-state index in [9.17, 15) is 0 Å². The van der Waals surface area contributed by atoms with Gasteiger partial charge in [0.1, 0.15) is 0 Å². The highest BCUT2D eigenvalue weighted by molar-refractivity contribution is 5.91. The Morgan fingerprint density at radius 3 is 2.52 bits per heavy atom. The molecule has 1 aromatic heterocycles. The van der Waals surface area contributed by atoms with Gasteiger partial charge in [0, 0.05) is 25.5 Å². The maximum atomic E-state index is 9.04. The van der Waals surface area contributed by atoms with Gasteiger partial charge in [-0.25, -0.2) is 0 Å². The van der Waals surface area contributed by atoms with Crippen molar-refractivity contribution in [1.29, 1.82) is 0 Å². The number of rotatable bonds is 7. The number of fused-ring (bicyclic) bond motifs is 4. The molecule has 2 aromatic carbocycles. The molecule has 0 unspecified atom stereocenters. The summed E-state index contributed by atoms with van der Waals surface area (Å²) in [7, 11) is 4.97. The maximum absolute atomic E-state index is 9.04. The second kappa shape index (κ2) is 8.17. The van der Waals surface area contributed by atoms with Crippen LogP contribution in [0.15, 0.2) is 36.5 Å². The number of hydrogen-bond acceptors (Lipinski definition) is 5. The van der Waals surface area contributed by atoms with E-state index in [0.717, 1.165) is 52.2 Å². The summed E-state index contributed by atoms with van der Waals surface area (Å²) < 4.78 is 24.7. The first kappa shape index (κ1) is 19.3. The van der Waals surface area contributed by atoms with Crippen LogP contribution in [0.3, 0.4) is 0 Å². The van der Waals surface area contributed by atoms with Gasteiger partial charge in [-0.3, -0.25) is 0 Å². The summed E-state index contributed by atoms with van der Waals surface area (Å²) in [5, 5.41) is 11.1. The van der Waals surface area contributed by atoms with E-state index in [4.69, 9.17) is 24.1 Å². The predicted octanol–water partition coefficient (Wildman–Crippen LogP) is 3.14. The van der Waals surface area contributed by atoms with Gasteiger partial charge < -0.3 is 24.1 Å². The van der Waals surface area contributed by atoms with E-state index < -0.39 is 0 Å². The number of benzene rings is 2. The lowest BCUT2D eigenvalue weighted by molar-refractivity contribution is -0.686. The van der Waals surface area contributed by atoms with Gasteiger partial charge in [-0.2, -0.15) is 4.57 Å². The number of hydrogen-bond donors (Lipinski definition) is 1. The van der Waals surface area contributed by atoms with E-state index in [1.54, 1.807) is 21.3 Å². The molecule has 0 saturated carbocycles. The van der Waals surface area contributed by atoms with Gasteiger partial charge in [0.05, 0.1) is 38.9 Å². The van der Waals surface area contributed by atoms with E-state index in [1.165, 1.54) is 5.56 Å². The van der Waals surface area contributed by atoms with E-state index in [2.05, 4.69) is 22.9 Å². The minimum Gasteiger partial charge on any atom is -0.493 e. The highest BCUT2D eigenvalue weighted by Gasteiger charge is 2.27. The average Bonchev–Trinajstić information content (AvgIpc) is 2.76. The molecule has 2 heterocycles. The Morgan fingerprint density at radius 1 is 0.966 bits per heavy atom. The molecule has 0 aliphatic carbocycles. The van der Waals surface area contributed by atoms with E-state index in [-0.39, 0.29) is 6.61 Å². The molecule has 4 rings (SSSR count). The summed E-state index contributed by atoms with van der Waals surface area (Å²) in [5.41, 5.74) is 3.49. The average molecular weight is 396 g/mol. The van der Waals surface area contributed by atoms with Crippen molar-refractivity contribution in [3.63, 3.8) is 0 Å². The lowest BCUT2D eigenvalue weighted by atomic mass is 9.95. The molecule has 0 saturated heterocycles. The summed E-state index contributed by atoms with van der Waals surface area (Å²) in [6, 6.07) is 10.3. The summed E-state index contributed by atoms with van der Waals surface area (Å²) in [5.74, 6) is 2.89. The van der Waals surface area contributed by atoms with Crippen LogP contribution in [0.25, 0.3) is 22.0 Å². The molecule has 1 N–H and O–H groups in total. The van der Waals surface area contributed by atoms with E-state index in [1.807, 2.05) is 18.2 Å². The molecule has 1 aliphatic rings. The van der Waals surface area contributed by atoms with Crippen molar-refractivity contribution in [2.75, 3.05) is 34.5 Å². The van der Waals surface area contributed by atoms with Gasteiger partial charge in [0.15, 0.2) is 35.7 Å². The molecule has 0 atom stereocenters. The smallest absolute Gasteiger partial charge is 0.213 e. The number of aryl methyl sites for hydroxylation is 2. The highest BCUT2D eigenvalue weighted by atomic mass is 16.5. The SMILES string of the molecule is COc1cc2c(cc1OCCCO)-c1cc3ccc(OC)c(OC)c3c[n+]1CC2. The van der Waals surface area contributed by atoms with Crippen LogP contribution in [0.5, 0.6) is 23.0 Å². The van der Waals surface area contributed by atoms with Crippen LogP contribution >= 0.6 is 0 Å². The molecule has 6 nitrogen and oxygen atoms in total. The second-order valence-corrected chi connectivity index (χ2v) is 6.99. The third kappa shape index (κ3) is 3.44. The summed E-state index contributed by atoms with van der Waals surface area (Å²) in [6.45, 7) is 1.41. The Bertz CT molecular complexity index is 1050. The normalized spacial score (nSPS) is 12.3. The number of aliphatic hydroxyl groups is 1. The maximum Gasteiger partial charge on any atom is 0.213 e. The molecule has 152 valence electrons. The zero-order chi connectivity index (χ0) is 20.4. The lowest BCUT2D eigenvalue weighted by Crippen LogP contribution is -2.40.